The van der Waals surface area contributed by atoms with Gasteiger partial charge in [0.1, 0.15) is 5.75 Å². The lowest BCUT2D eigenvalue weighted by Gasteiger charge is -2.39. The highest BCUT2D eigenvalue weighted by Gasteiger charge is 2.55. The molecule has 3 aromatic rings. The molecule has 0 spiro atoms. The monoisotopic (exact) mass is 666 g/mol. The molecule has 0 aromatic heterocycles. The van der Waals surface area contributed by atoms with Gasteiger partial charge in [0.15, 0.2) is 6.04 Å². The summed E-state index contributed by atoms with van der Waals surface area (Å²) in [6, 6.07) is 8.35. The van der Waals surface area contributed by atoms with Crippen LogP contribution in [0.2, 0.25) is 0 Å². The number of nitrogens with zero attached hydrogens (tertiary/aromatic N) is 2. The molecule has 0 N–H and O–H groups in total. The van der Waals surface area contributed by atoms with Crippen LogP contribution in [0.5, 0.6) is 5.75 Å². The topological polar surface area (TPSA) is 66.9 Å². The number of alkyl halides is 5. The van der Waals surface area contributed by atoms with Gasteiger partial charge in [0.05, 0.1) is 16.6 Å². The standard InChI is InChI=1S/C34H39F5N2O4S/c1-4-26-16-17-27(5-2)41(26)32(42)31(33(35,36)24-12-14-25(15-13-24)34(37,38)39)40(3)46(43,44)30-19-11-22-20-29(18-10-23(22)21-30)45-28-8-6-7-9-28/h10-15,18-21,26-28,31H,4-9,16-17H2,1-3H3. The fourth-order valence-electron chi connectivity index (χ4n) is 6.78. The number of benzene rings is 3. The van der Waals surface area contributed by atoms with E-state index in [2.05, 4.69) is 0 Å². The van der Waals surface area contributed by atoms with Crippen molar-refractivity contribution in [2.24, 2.45) is 0 Å². The molecule has 5 rings (SSSR count). The van der Waals surface area contributed by atoms with E-state index in [9.17, 15) is 26.4 Å². The normalized spacial score (nSPS) is 20.5. The van der Waals surface area contributed by atoms with Crippen molar-refractivity contribution in [2.75, 3.05) is 7.05 Å². The largest absolute Gasteiger partial charge is 0.490 e. The molecular weight excluding hydrogens is 627 g/mol. The van der Waals surface area contributed by atoms with Gasteiger partial charge >= 0.3 is 6.18 Å². The fraction of sp³-hybridized carbons (Fsp3) is 0.500. The van der Waals surface area contributed by atoms with Crippen LogP contribution in [-0.2, 0) is 26.9 Å². The van der Waals surface area contributed by atoms with E-state index in [1.807, 2.05) is 13.8 Å². The highest BCUT2D eigenvalue weighted by Crippen LogP contribution is 2.41. The molecule has 2 aliphatic rings. The molecule has 3 aromatic carbocycles. The number of amides is 1. The van der Waals surface area contributed by atoms with Gasteiger partial charge in [-0.1, -0.05) is 38.1 Å². The van der Waals surface area contributed by atoms with Crippen molar-refractivity contribution in [1.82, 2.24) is 9.21 Å². The molecule has 1 heterocycles. The third-order valence-corrected chi connectivity index (χ3v) is 11.2. The zero-order valence-electron chi connectivity index (χ0n) is 26.1. The van der Waals surface area contributed by atoms with E-state index in [1.54, 1.807) is 24.3 Å². The summed E-state index contributed by atoms with van der Waals surface area (Å²) in [4.78, 5) is 15.3. The van der Waals surface area contributed by atoms with Crippen molar-refractivity contribution < 1.29 is 39.9 Å². The molecule has 3 atom stereocenters. The van der Waals surface area contributed by atoms with Crippen LogP contribution < -0.4 is 4.74 Å². The number of sulfonamides is 1. The van der Waals surface area contributed by atoms with E-state index >= 15 is 8.78 Å². The average molecular weight is 667 g/mol. The number of ether oxygens (including phenoxy) is 1. The Bertz CT molecular complexity index is 1640. The van der Waals surface area contributed by atoms with Gasteiger partial charge in [-0.25, -0.2) is 8.42 Å². The second-order valence-corrected chi connectivity index (χ2v) is 14.3. The lowest BCUT2D eigenvalue weighted by molar-refractivity contribution is -0.153. The molecule has 1 saturated carbocycles. The predicted octanol–water partition coefficient (Wildman–Crippen LogP) is 8.14. The first-order valence-electron chi connectivity index (χ1n) is 15.7. The molecule has 1 saturated heterocycles. The molecule has 46 heavy (non-hydrogen) atoms. The first-order valence-corrected chi connectivity index (χ1v) is 17.2. The van der Waals surface area contributed by atoms with Gasteiger partial charge in [0.25, 0.3) is 5.92 Å². The third kappa shape index (κ3) is 6.60. The minimum absolute atomic E-state index is 0.127. The zero-order chi connectivity index (χ0) is 33.4. The maximum Gasteiger partial charge on any atom is 0.416 e. The summed E-state index contributed by atoms with van der Waals surface area (Å²) < 4.78 is 107. The van der Waals surface area contributed by atoms with E-state index in [0.29, 0.717) is 70.8 Å². The van der Waals surface area contributed by atoms with Gasteiger partial charge in [-0.2, -0.15) is 26.3 Å². The Balaban J connectivity index is 1.53. The predicted molar refractivity (Wildman–Crippen MR) is 165 cm³/mol. The highest BCUT2D eigenvalue weighted by molar-refractivity contribution is 7.89. The van der Waals surface area contributed by atoms with E-state index in [4.69, 9.17) is 4.74 Å². The van der Waals surface area contributed by atoms with Crippen molar-refractivity contribution in [3.63, 3.8) is 0 Å². The van der Waals surface area contributed by atoms with Crippen LogP contribution in [0.3, 0.4) is 0 Å². The molecule has 0 radical (unpaired) electrons. The van der Waals surface area contributed by atoms with Gasteiger partial charge in [0.2, 0.25) is 15.9 Å². The number of hydrogen-bond acceptors (Lipinski definition) is 4. The number of likely N-dealkylation sites (tertiary alicyclic amines) is 1. The Kier molecular flexibility index (Phi) is 9.71. The van der Waals surface area contributed by atoms with E-state index < -0.39 is 45.2 Å². The maximum atomic E-state index is 16.5. The van der Waals surface area contributed by atoms with Crippen molar-refractivity contribution in [3.8, 4) is 5.75 Å². The molecule has 3 unspecified atom stereocenters. The van der Waals surface area contributed by atoms with Crippen LogP contribution in [0.25, 0.3) is 10.8 Å². The molecule has 12 heteroatoms. The maximum absolute atomic E-state index is 16.5. The first kappa shape index (κ1) is 34.1. The van der Waals surface area contributed by atoms with Crippen molar-refractivity contribution in [3.05, 3.63) is 71.8 Å². The second kappa shape index (κ2) is 13.1. The minimum Gasteiger partial charge on any atom is -0.490 e. The SMILES string of the molecule is CCC1CCC(CC)N1C(=O)C(N(C)S(=O)(=O)c1ccc2cc(OC3CCCC3)ccc2c1)C(F)(F)c1ccc(C(F)(F)F)cc1. The summed E-state index contributed by atoms with van der Waals surface area (Å²) in [5.74, 6) is -4.61. The van der Waals surface area contributed by atoms with Crippen LogP contribution in [0.1, 0.15) is 76.3 Å². The van der Waals surface area contributed by atoms with Crippen molar-refractivity contribution >= 4 is 26.7 Å². The van der Waals surface area contributed by atoms with Gasteiger partial charge < -0.3 is 9.64 Å². The number of rotatable bonds is 10. The highest BCUT2D eigenvalue weighted by atomic mass is 32.2. The molecule has 6 nitrogen and oxygen atoms in total. The Morgan fingerprint density at radius 2 is 1.39 bits per heavy atom. The van der Waals surface area contributed by atoms with E-state index in [0.717, 1.165) is 32.7 Å². The Labute approximate surface area is 266 Å². The summed E-state index contributed by atoms with van der Waals surface area (Å²) in [7, 11) is -3.78. The zero-order valence-corrected chi connectivity index (χ0v) is 26.9. The van der Waals surface area contributed by atoms with Crippen LogP contribution in [0.4, 0.5) is 22.0 Å². The van der Waals surface area contributed by atoms with Gasteiger partial charge in [0, 0.05) is 24.7 Å². The Morgan fingerprint density at radius 1 is 0.848 bits per heavy atom. The fourth-order valence-corrected chi connectivity index (χ4v) is 8.13. The molecule has 250 valence electrons. The quantitative estimate of drug-likeness (QED) is 0.205. The van der Waals surface area contributed by atoms with Gasteiger partial charge in [-0.15, -0.1) is 0 Å². The summed E-state index contributed by atoms with van der Waals surface area (Å²) in [6.45, 7) is 3.65. The van der Waals surface area contributed by atoms with Gasteiger partial charge in [-0.05, 0) is 98.5 Å². The lowest BCUT2D eigenvalue weighted by Crippen LogP contribution is -2.58. The van der Waals surface area contributed by atoms with Crippen LogP contribution in [-0.4, -0.2) is 54.8 Å². The van der Waals surface area contributed by atoms with E-state index in [1.165, 1.54) is 17.0 Å². The van der Waals surface area contributed by atoms with Crippen LogP contribution >= 0.6 is 0 Å². The number of carbonyl (C=O) groups is 1. The summed E-state index contributed by atoms with van der Waals surface area (Å²) in [5, 5.41) is 1.22. The average Bonchev–Trinajstić information content (AvgIpc) is 3.70. The van der Waals surface area contributed by atoms with Crippen LogP contribution in [0.15, 0.2) is 65.6 Å². The number of halogens is 5. The number of likely N-dealkylation sites (N-methyl/N-ethyl adjacent to an activating group) is 1. The number of hydrogen-bond donors (Lipinski definition) is 0. The summed E-state index contributed by atoms with van der Waals surface area (Å²) in [6.07, 6.45) is 1.61. The van der Waals surface area contributed by atoms with Crippen molar-refractivity contribution in [1.29, 1.82) is 0 Å². The van der Waals surface area contributed by atoms with Gasteiger partial charge in [-0.3, -0.25) is 4.79 Å². The lowest BCUT2D eigenvalue weighted by atomic mass is 9.97. The smallest absolute Gasteiger partial charge is 0.416 e. The molecule has 1 aliphatic heterocycles. The second-order valence-electron chi connectivity index (χ2n) is 12.3. The minimum atomic E-state index is -4.76. The summed E-state index contributed by atoms with van der Waals surface area (Å²) >= 11 is 0. The molecule has 2 fully saturated rings. The first-order chi connectivity index (χ1) is 21.7. The number of fused-ring (bicyclic) bond motifs is 1. The molecule has 0 bridgehead atoms. The molecule has 1 aliphatic carbocycles. The Hall–Kier alpha value is -3.25. The Morgan fingerprint density at radius 3 is 1.96 bits per heavy atom. The summed E-state index contributed by atoms with van der Waals surface area (Å²) in [5.41, 5.74) is -2.03. The van der Waals surface area contributed by atoms with E-state index in [-0.39, 0.29) is 23.1 Å². The van der Waals surface area contributed by atoms with Crippen LogP contribution in [0, 0.1) is 0 Å². The third-order valence-electron chi connectivity index (χ3n) is 9.42. The molecular formula is C34H39F5N2O4S. The van der Waals surface area contributed by atoms with Crippen molar-refractivity contribution in [2.45, 2.75) is 106 Å². The number of carbonyl (C=O) groups excluding carboxylic acids is 1. The molecule has 1 amide bonds.